The maximum absolute atomic E-state index is 5.65. The van der Waals surface area contributed by atoms with E-state index in [1.54, 1.807) is 6.26 Å². The van der Waals surface area contributed by atoms with Crippen LogP contribution in [0.1, 0.15) is 29.7 Å². The summed E-state index contributed by atoms with van der Waals surface area (Å²) in [5, 5.41) is 0. The topological polar surface area (TPSA) is 22.4 Å². The molecule has 0 fully saturated rings. The third-order valence-electron chi connectivity index (χ3n) is 3.06. The summed E-state index contributed by atoms with van der Waals surface area (Å²) in [6.07, 6.45) is 5.08. The monoisotopic (exact) mass is 244 g/mol. The molecule has 0 radical (unpaired) electrons. The normalized spacial score (nSPS) is 10.7. The van der Waals surface area contributed by atoms with Gasteiger partial charge in [0.15, 0.2) is 0 Å². The molecule has 0 atom stereocenters. The highest BCUT2D eigenvalue weighted by molar-refractivity contribution is 5.15. The van der Waals surface area contributed by atoms with E-state index < -0.39 is 0 Å². The van der Waals surface area contributed by atoms with E-state index in [2.05, 4.69) is 18.2 Å². The average molecular weight is 244 g/mol. The van der Waals surface area contributed by atoms with Crippen molar-refractivity contribution < 1.29 is 9.15 Å². The molecule has 0 amide bonds. The first-order valence-electron chi connectivity index (χ1n) is 6.51. The smallest absolute Gasteiger partial charge is 0.103 e. The van der Waals surface area contributed by atoms with Crippen LogP contribution in [-0.2, 0) is 17.8 Å². The van der Waals surface area contributed by atoms with Crippen LogP contribution in [0.3, 0.4) is 0 Å². The van der Waals surface area contributed by atoms with Gasteiger partial charge in [0, 0.05) is 6.61 Å². The van der Waals surface area contributed by atoms with Gasteiger partial charge in [-0.3, -0.25) is 0 Å². The van der Waals surface area contributed by atoms with Crippen molar-refractivity contribution in [3.8, 4) is 0 Å². The summed E-state index contributed by atoms with van der Waals surface area (Å²) in [7, 11) is 0. The molecule has 1 heterocycles. The van der Waals surface area contributed by atoms with Crippen LogP contribution in [0.4, 0.5) is 0 Å². The van der Waals surface area contributed by atoms with E-state index in [4.69, 9.17) is 9.15 Å². The predicted molar refractivity (Wildman–Crippen MR) is 72.5 cm³/mol. The molecule has 0 saturated heterocycles. The van der Waals surface area contributed by atoms with Crippen molar-refractivity contribution in [3.63, 3.8) is 0 Å². The van der Waals surface area contributed by atoms with Crippen LogP contribution in [-0.4, -0.2) is 6.61 Å². The SMILES string of the molecule is Cc1occc1CCCCOCc1ccccc1. The molecule has 2 aromatic rings. The summed E-state index contributed by atoms with van der Waals surface area (Å²) in [5.74, 6) is 1.04. The van der Waals surface area contributed by atoms with Crippen molar-refractivity contribution in [3.05, 3.63) is 59.5 Å². The zero-order valence-corrected chi connectivity index (χ0v) is 10.9. The maximum atomic E-state index is 5.65. The second-order valence-corrected chi connectivity index (χ2v) is 4.50. The van der Waals surface area contributed by atoms with Crippen LogP contribution in [0.5, 0.6) is 0 Å². The van der Waals surface area contributed by atoms with E-state index in [0.29, 0.717) is 6.61 Å². The second kappa shape index (κ2) is 7.02. The first-order chi connectivity index (χ1) is 8.86. The van der Waals surface area contributed by atoms with Crippen LogP contribution >= 0.6 is 0 Å². The summed E-state index contributed by atoms with van der Waals surface area (Å²) >= 11 is 0. The molecule has 0 aliphatic heterocycles. The molecule has 96 valence electrons. The minimum atomic E-state index is 0.714. The van der Waals surface area contributed by atoms with Gasteiger partial charge in [-0.25, -0.2) is 0 Å². The Kier molecular flexibility index (Phi) is 5.03. The van der Waals surface area contributed by atoms with E-state index in [1.807, 2.05) is 25.1 Å². The second-order valence-electron chi connectivity index (χ2n) is 4.50. The molecule has 1 aromatic heterocycles. The molecule has 2 nitrogen and oxygen atoms in total. The average Bonchev–Trinajstić information content (AvgIpc) is 2.81. The van der Waals surface area contributed by atoms with Gasteiger partial charge in [-0.1, -0.05) is 30.3 Å². The van der Waals surface area contributed by atoms with Crippen molar-refractivity contribution in [2.75, 3.05) is 6.61 Å². The molecule has 0 unspecified atom stereocenters. The Morgan fingerprint density at radius 2 is 1.89 bits per heavy atom. The Balaban J connectivity index is 1.56. The lowest BCUT2D eigenvalue weighted by Crippen LogP contribution is -1.96. The maximum Gasteiger partial charge on any atom is 0.103 e. The minimum absolute atomic E-state index is 0.714. The third kappa shape index (κ3) is 4.04. The van der Waals surface area contributed by atoms with Crippen molar-refractivity contribution in [1.29, 1.82) is 0 Å². The zero-order chi connectivity index (χ0) is 12.6. The molecule has 18 heavy (non-hydrogen) atoms. The highest BCUT2D eigenvalue weighted by Crippen LogP contribution is 2.12. The summed E-state index contributed by atoms with van der Waals surface area (Å²) in [6.45, 7) is 3.55. The summed E-state index contributed by atoms with van der Waals surface area (Å²) in [4.78, 5) is 0. The van der Waals surface area contributed by atoms with Crippen LogP contribution in [0.25, 0.3) is 0 Å². The zero-order valence-electron chi connectivity index (χ0n) is 10.9. The first-order valence-corrected chi connectivity index (χ1v) is 6.51. The Hall–Kier alpha value is -1.54. The fourth-order valence-electron chi connectivity index (χ4n) is 1.95. The molecule has 0 saturated carbocycles. The lowest BCUT2D eigenvalue weighted by molar-refractivity contribution is 0.117. The van der Waals surface area contributed by atoms with Gasteiger partial charge in [-0.05, 0) is 43.4 Å². The molecule has 0 spiro atoms. The Morgan fingerprint density at radius 1 is 1.06 bits per heavy atom. The van der Waals surface area contributed by atoms with Crippen LogP contribution in [0, 0.1) is 6.92 Å². The van der Waals surface area contributed by atoms with Gasteiger partial charge in [0.25, 0.3) is 0 Å². The van der Waals surface area contributed by atoms with Crippen LogP contribution in [0.2, 0.25) is 0 Å². The molecule has 1 aromatic carbocycles. The molecule has 0 bridgehead atoms. The number of ether oxygens (including phenoxy) is 1. The largest absolute Gasteiger partial charge is 0.469 e. The van der Waals surface area contributed by atoms with Gasteiger partial charge < -0.3 is 9.15 Å². The third-order valence-corrected chi connectivity index (χ3v) is 3.06. The molecular formula is C16H20O2. The van der Waals surface area contributed by atoms with Crippen molar-refractivity contribution >= 4 is 0 Å². The number of aryl methyl sites for hydroxylation is 2. The number of unbranched alkanes of at least 4 members (excludes halogenated alkanes) is 1. The van der Waals surface area contributed by atoms with E-state index in [1.165, 1.54) is 11.1 Å². The summed E-state index contributed by atoms with van der Waals surface area (Å²) in [5.41, 5.74) is 2.56. The van der Waals surface area contributed by atoms with Crippen molar-refractivity contribution in [2.24, 2.45) is 0 Å². The van der Waals surface area contributed by atoms with Gasteiger partial charge in [0.2, 0.25) is 0 Å². The Labute approximate surface area is 109 Å². The molecule has 0 N–H and O–H groups in total. The van der Waals surface area contributed by atoms with Gasteiger partial charge in [0.05, 0.1) is 12.9 Å². The predicted octanol–water partition coefficient (Wildman–Crippen LogP) is 4.13. The summed E-state index contributed by atoms with van der Waals surface area (Å²) < 4.78 is 10.9. The number of rotatable bonds is 7. The first kappa shape index (κ1) is 12.9. The number of furan rings is 1. The highest BCUT2D eigenvalue weighted by Gasteiger charge is 2.00. The van der Waals surface area contributed by atoms with Crippen molar-refractivity contribution in [2.45, 2.75) is 32.8 Å². The summed E-state index contributed by atoms with van der Waals surface area (Å²) in [6, 6.07) is 12.3. The fraction of sp³-hybridized carbons (Fsp3) is 0.375. The Morgan fingerprint density at radius 3 is 2.61 bits per heavy atom. The fourth-order valence-corrected chi connectivity index (χ4v) is 1.95. The number of hydrogen-bond acceptors (Lipinski definition) is 2. The molecule has 2 heteroatoms. The number of hydrogen-bond donors (Lipinski definition) is 0. The minimum Gasteiger partial charge on any atom is -0.469 e. The lowest BCUT2D eigenvalue weighted by atomic mass is 10.1. The van der Waals surface area contributed by atoms with Crippen molar-refractivity contribution in [1.82, 2.24) is 0 Å². The van der Waals surface area contributed by atoms with Gasteiger partial charge in [-0.2, -0.15) is 0 Å². The van der Waals surface area contributed by atoms with E-state index in [0.717, 1.165) is 31.6 Å². The van der Waals surface area contributed by atoms with Crippen LogP contribution in [0.15, 0.2) is 47.1 Å². The highest BCUT2D eigenvalue weighted by atomic mass is 16.5. The van der Waals surface area contributed by atoms with E-state index >= 15 is 0 Å². The molecule has 2 rings (SSSR count). The molecular weight excluding hydrogens is 224 g/mol. The molecule has 0 aliphatic carbocycles. The quantitative estimate of drug-likeness (QED) is 0.683. The Bertz CT molecular complexity index is 445. The van der Waals surface area contributed by atoms with Gasteiger partial charge >= 0.3 is 0 Å². The van der Waals surface area contributed by atoms with E-state index in [-0.39, 0.29) is 0 Å². The number of benzene rings is 1. The van der Waals surface area contributed by atoms with Gasteiger partial charge in [-0.15, -0.1) is 0 Å². The van der Waals surface area contributed by atoms with Crippen LogP contribution < -0.4 is 0 Å². The molecule has 0 aliphatic rings. The standard InChI is InChI=1S/C16H20O2/c1-14-16(10-12-18-14)9-5-6-11-17-13-15-7-3-2-4-8-15/h2-4,7-8,10,12H,5-6,9,11,13H2,1H3. The van der Waals surface area contributed by atoms with E-state index in [9.17, 15) is 0 Å². The lowest BCUT2D eigenvalue weighted by Gasteiger charge is -2.04. The van der Waals surface area contributed by atoms with Gasteiger partial charge in [0.1, 0.15) is 5.76 Å².